The number of hydrogen-bond donors (Lipinski definition) is 1. The minimum atomic E-state index is -1.01. The maximum absolute atomic E-state index is 14.1. The van der Waals surface area contributed by atoms with Crippen LogP contribution in [-0.4, -0.2) is 21.8 Å². The normalized spacial score (nSPS) is 10.8. The van der Waals surface area contributed by atoms with E-state index in [1.165, 1.54) is 17.8 Å². The summed E-state index contributed by atoms with van der Waals surface area (Å²) in [6, 6.07) is 4.87. The molecular weight excluding hydrogens is 297 g/mol. The minimum absolute atomic E-state index is 0.193. The van der Waals surface area contributed by atoms with Gasteiger partial charge >= 0.3 is 5.97 Å². The van der Waals surface area contributed by atoms with E-state index in [1.807, 2.05) is 19.9 Å². The number of thioether (sulfide) groups is 1. The second-order valence-electron chi connectivity index (χ2n) is 4.00. The maximum atomic E-state index is 14.1. The lowest BCUT2D eigenvalue weighted by molar-refractivity contribution is 0.0701. The Kier molecular flexibility index (Phi) is 4.77. The van der Waals surface area contributed by atoms with Crippen LogP contribution in [0.25, 0.3) is 10.6 Å². The SMILES string of the molecule is CCSc1cccc(F)c1-c1nc(CC)c(C(=O)O)s1. The molecule has 20 heavy (non-hydrogen) atoms. The number of aromatic nitrogens is 1. The van der Waals surface area contributed by atoms with Crippen LogP contribution in [0.2, 0.25) is 0 Å². The molecule has 3 nitrogen and oxygen atoms in total. The zero-order valence-electron chi connectivity index (χ0n) is 11.1. The summed E-state index contributed by atoms with van der Waals surface area (Å²) in [6.07, 6.45) is 0.517. The Hall–Kier alpha value is -1.40. The van der Waals surface area contributed by atoms with Crippen molar-refractivity contribution in [1.29, 1.82) is 0 Å². The van der Waals surface area contributed by atoms with Crippen LogP contribution in [0.1, 0.15) is 29.2 Å². The Balaban J connectivity index is 2.59. The third kappa shape index (κ3) is 2.86. The van der Waals surface area contributed by atoms with Crippen LogP contribution < -0.4 is 0 Å². The molecule has 1 N–H and O–H groups in total. The van der Waals surface area contributed by atoms with Crippen LogP contribution in [0.4, 0.5) is 4.39 Å². The van der Waals surface area contributed by atoms with Gasteiger partial charge in [0.05, 0.1) is 11.3 Å². The van der Waals surface area contributed by atoms with Crippen LogP contribution >= 0.6 is 23.1 Å². The van der Waals surface area contributed by atoms with Crippen molar-refractivity contribution in [2.24, 2.45) is 0 Å². The van der Waals surface area contributed by atoms with Crippen molar-refractivity contribution < 1.29 is 14.3 Å². The van der Waals surface area contributed by atoms with Gasteiger partial charge in [-0.2, -0.15) is 0 Å². The number of carboxylic acids is 1. The van der Waals surface area contributed by atoms with Crippen molar-refractivity contribution in [2.75, 3.05) is 5.75 Å². The van der Waals surface area contributed by atoms with Gasteiger partial charge < -0.3 is 5.11 Å². The second-order valence-corrected chi connectivity index (χ2v) is 6.30. The van der Waals surface area contributed by atoms with Gasteiger partial charge in [-0.25, -0.2) is 14.2 Å². The first-order valence-electron chi connectivity index (χ1n) is 6.23. The number of aryl methyl sites for hydroxylation is 1. The summed E-state index contributed by atoms with van der Waals surface area (Å²) >= 11 is 2.56. The molecule has 0 fully saturated rings. The molecular formula is C14H14FNO2S2. The van der Waals surface area contributed by atoms with Gasteiger partial charge in [0.1, 0.15) is 15.7 Å². The van der Waals surface area contributed by atoms with Crippen molar-refractivity contribution in [3.8, 4) is 10.6 Å². The molecule has 6 heteroatoms. The molecule has 1 heterocycles. The molecule has 0 amide bonds. The summed E-state index contributed by atoms with van der Waals surface area (Å²) in [5, 5.41) is 9.61. The van der Waals surface area contributed by atoms with E-state index in [4.69, 9.17) is 0 Å². The van der Waals surface area contributed by atoms with Gasteiger partial charge in [-0.1, -0.05) is 19.9 Å². The van der Waals surface area contributed by atoms with E-state index in [0.717, 1.165) is 22.0 Å². The number of carbonyl (C=O) groups is 1. The van der Waals surface area contributed by atoms with Gasteiger partial charge in [-0.3, -0.25) is 0 Å². The summed E-state index contributed by atoms with van der Waals surface area (Å²) in [4.78, 5) is 16.5. The first-order chi connectivity index (χ1) is 9.58. The van der Waals surface area contributed by atoms with Crippen LogP contribution in [0.3, 0.4) is 0 Å². The van der Waals surface area contributed by atoms with Crippen molar-refractivity contribution in [1.82, 2.24) is 4.98 Å². The number of aromatic carboxylic acids is 1. The molecule has 1 aromatic heterocycles. The van der Waals surface area contributed by atoms with Crippen LogP contribution in [0.5, 0.6) is 0 Å². The molecule has 0 aliphatic carbocycles. The number of thiazole rings is 1. The van der Waals surface area contributed by atoms with Crippen molar-refractivity contribution in [3.63, 3.8) is 0 Å². The first-order valence-corrected chi connectivity index (χ1v) is 8.03. The van der Waals surface area contributed by atoms with Crippen LogP contribution in [0, 0.1) is 5.82 Å². The number of nitrogens with zero attached hydrogens (tertiary/aromatic N) is 1. The van der Waals surface area contributed by atoms with E-state index in [2.05, 4.69) is 4.98 Å². The number of halogens is 1. The van der Waals surface area contributed by atoms with E-state index < -0.39 is 5.97 Å². The molecule has 0 saturated carbocycles. The van der Waals surface area contributed by atoms with Crippen LogP contribution in [0.15, 0.2) is 23.1 Å². The van der Waals surface area contributed by atoms with Gasteiger partial charge in [0.25, 0.3) is 0 Å². The quantitative estimate of drug-likeness (QED) is 0.835. The molecule has 0 aliphatic heterocycles. The third-order valence-electron chi connectivity index (χ3n) is 2.72. The number of carboxylic acid groups (broad SMARTS) is 1. The molecule has 2 rings (SSSR count). The Morgan fingerprint density at radius 1 is 1.45 bits per heavy atom. The van der Waals surface area contributed by atoms with Crippen molar-refractivity contribution >= 4 is 29.1 Å². The van der Waals surface area contributed by atoms with Gasteiger partial charge in [0.15, 0.2) is 0 Å². The number of hydrogen-bond acceptors (Lipinski definition) is 4. The lowest BCUT2D eigenvalue weighted by atomic mass is 10.2. The predicted octanol–water partition coefficient (Wildman–Crippen LogP) is 4.32. The average molecular weight is 311 g/mol. The van der Waals surface area contributed by atoms with E-state index >= 15 is 0 Å². The average Bonchev–Trinajstić information content (AvgIpc) is 2.83. The van der Waals surface area contributed by atoms with Gasteiger partial charge in [-0.15, -0.1) is 23.1 Å². The van der Waals surface area contributed by atoms with Crippen molar-refractivity contribution in [3.05, 3.63) is 34.6 Å². The maximum Gasteiger partial charge on any atom is 0.347 e. The highest BCUT2D eigenvalue weighted by Gasteiger charge is 2.20. The Labute approximate surface area is 124 Å². The van der Waals surface area contributed by atoms with Crippen LogP contribution in [-0.2, 0) is 6.42 Å². The minimum Gasteiger partial charge on any atom is -0.477 e. The summed E-state index contributed by atoms with van der Waals surface area (Å²) < 4.78 is 14.1. The lowest BCUT2D eigenvalue weighted by Gasteiger charge is -2.06. The highest BCUT2D eigenvalue weighted by molar-refractivity contribution is 7.99. The van der Waals surface area contributed by atoms with E-state index in [0.29, 0.717) is 22.7 Å². The molecule has 2 aromatic rings. The fourth-order valence-corrected chi connectivity index (χ4v) is 3.80. The molecule has 1 aromatic carbocycles. The second kappa shape index (κ2) is 6.37. The molecule has 0 spiro atoms. The van der Waals surface area contributed by atoms with E-state index in [-0.39, 0.29) is 10.7 Å². The summed E-state index contributed by atoms with van der Waals surface area (Å²) in [6.45, 7) is 3.83. The van der Waals surface area contributed by atoms with Gasteiger partial charge in [0.2, 0.25) is 0 Å². The fraction of sp³-hybridized carbons (Fsp3) is 0.286. The first kappa shape index (κ1) is 15.0. The third-order valence-corrected chi connectivity index (χ3v) is 4.76. The van der Waals surface area contributed by atoms with Gasteiger partial charge in [0, 0.05) is 4.90 Å². The predicted molar refractivity (Wildman–Crippen MR) is 80.2 cm³/mol. The summed E-state index contributed by atoms with van der Waals surface area (Å²) in [5.41, 5.74) is 0.916. The molecule has 0 atom stereocenters. The lowest BCUT2D eigenvalue weighted by Crippen LogP contribution is -1.97. The molecule has 0 aliphatic rings. The summed E-state index contributed by atoms with van der Waals surface area (Å²) in [5.74, 6) is -0.558. The van der Waals surface area contributed by atoms with Crippen molar-refractivity contribution in [2.45, 2.75) is 25.2 Å². The Morgan fingerprint density at radius 2 is 2.20 bits per heavy atom. The standard InChI is InChI=1S/C14H14FNO2S2/c1-3-9-12(14(17)18)20-13(16-9)11-8(15)6-5-7-10(11)19-4-2/h5-7H,3-4H2,1-2H3,(H,17,18). The Morgan fingerprint density at radius 3 is 2.75 bits per heavy atom. The largest absolute Gasteiger partial charge is 0.477 e. The topological polar surface area (TPSA) is 50.2 Å². The molecule has 0 bridgehead atoms. The number of benzene rings is 1. The summed E-state index contributed by atoms with van der Waals surface area (Å²) in [7, 11) is 0. The molecule has 0 saturated heterocycles. The molecule has 0 unspecified atom stereocenters. The number of rotatable bonds is 5. The highest BCUT2D eigenvalue weighted by Crippen LogP contribution is 2.37. The highest BCUT2D eigenvalue weighted by atomic mass is 32.2. The zero-order valence-corrected chi connectivity index (χ0v) is 12.8. The monoisotopic (exact) mass is 311 g/mol. The molecule has 0 radical (unpaired) electrons. The van der Waals surface area contributed by atoms with Gasteiger partial charge in [-0.05, 0) is 24.3 Å². The Bertz CT molecular complexity index is 640. The zero-order chi connectivity index (χ0) is 14.7. The molecule has 106 valence electrons. The fourth-order valence-electron chi connectivity index (χ4n) is 1.85. The van der Waals surface area contributed by atoms with E-state index in [9.17, 15) is 14.3 Å². The smallest absolute Gasteiger partial charge is 0.347 e. The van der Waals surface area contributed by atoms with E-state index in [1.54, 1.807) is 6.07 Å².